The molecule has 1 aromatic heterocycles. The summed E-state index contributed by atoms with van der Waals surface area (Å²) >= 11 is 0. The van der Waals surface area contributed by atoms with Crippen LogP contribution in [0.1, 0.15) is 49.5 Å². The highest BCUT2D eigenvalue weighted by atomic mass is 16.3. The zero-order valence-electron chi connectivity index (χ0n) is 9.06. The summed E-state index contributed by atoms with van der Waals surface area (Å²) < 4.78 is 1.94. The lowest BCUT2D eigenvalue weighted by Gasteiger charge is -2.13. The molecule has 5 heteroatoms. The van der Waals surface area contributed by atoms with Gasteiger partial charge in [0, 0.05) is 19.1 Å². The van der Waals surface area contributed by atoms with Crippen LogP contribution < -0.4 is 5.73 Å². The van der Waals surface area contributed by atoms with Gasteiger partial charge in [-0.25, -0.2) is 4.68 Å². The lowest BCUT2D eigenvalue weighted by molar-refractivity contribution is 0.254. The number of nitrogens with zero attached hydrogens (tertiary/aromatic N) is 3. The molecule has 1 heterocycles. The lowest BCUT2D eigenvalue weighted by atomic mass is 10.2. The third-order valence-corrected chi connectivity index (χ3v) is 2.93. The molecular weight excluding hydrogens is 192 g/mol. The minimum atomic E-state index is 0.184. The standard InChI is InChI=1S/C10H18N4O/c1-7(4-5-15)14-10(8-2-3-8)9(6-11)12-13-14/h7-8,15H,2-6,11H2,1H3. The van der Waals surface area contributed by atoms with Crippen LogP contribution in [0.5, 0.6) is 0 Å². The second-order valence-corrected chi connectivity index (χ2v) is 4.21. The first kappa shape index (κ1) is 10.6. The highest BCUT2D eigenvalue weighted by Crippen LogP contribution is 2.42. The van der Waals surface area contributed by atoms with Crippen LogP contribution in [0.2, 0.25) is 0 Å². The summed E-state index contributed by atoms with van der Waals surface area (Å²) in [6.07, 6.45) is 3.14. The van der Waals surface area contributed by atoms with E-state index < -0.39 is 0 Å². The Balaban J connectivity index is 2.25. The molecule has 1 aromatic rings. The molecule has 15 heavy (non-hydrogen) atoms. The Kier molecular flexibility index (Phi) is 3.02. The average molecular weight is 210 g/mol. The Hall–Kier alpha value is -0.940. The highest BCUT2D eigenvalue weighted by molar-refractivity contribution is 5.20. The Morgan fingerprint density at radius 3 is 2.87 bits per heavy atom. The van der Waals surface area contributed by atoms with Gasteiger partial charge in [0.1, 0.15) is 0 Å². The molecule has 1 unspecified atom stereocenters. The van der Waals surface area contributed by atoms with E-state index in [2.05, 4.69) is 17.2 Å². The summed E-state index contributed by atoms with van der Waals surface area (Å²) in [5.41, 5.74) is 7.75. The Bertz CT molecular complexity index is 332. The van der Waals surface area contributed by atoms with E-state index in [0.29, 0.717) is 18.9 Å². The minimum Gasteiger partial charge on any atom is -0.396 e. The Morgan fingerprint density at radius 2 is 2.33 bits per heavy atom. The van der Waals surface area contributed by atoms with Gasteiger partial charge in [0.2, 0.25) is 0 Å². The molecule has 0 aromatic carbocycles. The number of aromatic nitrogens is 3. The van der Waals surface area contributed by atoms with Crippen molar-refractivity contribution in [1.29, 1.82) is 0 Å². The molecule has 84 valence electrons. The van der Waals surface area contributed by atoms with Gasteiger partial charge < -0.3 is 10.8 Å². The first-order valence-electron chi connectivity index (χ1n) is 5.52. The van der Waals surface area contributed by atoms with Crippen molar-refractivity contribution in [2.75, 3.05) is 6.61 Å². The third-order valence-electron chi connectivity index (χ3n) is 2.93. The van der Waals surface area contributed by atoms with Crippen LogP contribution in [-0.2, 0) is 6.54 Å². The van der Waals surface area contributed by atoms with Crippen LogP contribution >= 0.6 is 0 Å². The Morgan fingerprint density at radius 1 is 1.60 bits per heavy atom. The van der Waals surface area contributed by atoms with Gasteiger partial charge in [-0.05, 0) is 26.2 Å². The second-order valence-electron chi connectivity index (χ2n) is 4.21. The Labute approximate surface area is 89.3 Å². The lowest BCUT2D eigenvalue weighted by Crippen LogP contribution is -2.13. The van der Waals surface area contributed by atoms with E-state index in [1.165, 1.54) is 18.5 Å². The molecule has 1 aliphatic rings. The maximum atomic E-state index is 8.92. The zero-order valence-corrected chi connectivity index (χ0v) is 9.06. The van der Waals surface area contributed by atoms with Crippen LogP contribution in [0.25, 0.3) is 0 Å². The molecule has 0 bridgehead atoms. The summed E-state index contributed by atoms with van der Waals surface area (Å²) in [7, 11) is 0. The zero-order chi connectivity index (χ0) is 10.8. The van der Waals surface area contributed by atoms with E-state index in [0.717, 1.165) is 5.69 Å². The number of hydrogen-bond acceptors (Lipinski definition) is 4. The predicted molar refractivity (Wildman–Crippen MR) is 56.3 cm³/mol. The first-order valence-corrected chi connectivity index (χ1v) is 5.52. The third kappa shape index (κ3) is 2.03. The molecule has 0 amide bonds. The molecule has 0 saturated heterocycles. The molecule has 3 N–H and O–H groups in total. The summed E-state index contributed by atoms with van der Waals surface area (Å²) in [5.74, 6) is 0.597. The summed E-state index contributed by atoms with van der Waals surface area (Å²) in [4.78, 5) is 0. The fraction of sp³-hybridized carbons (Fsp3) is 0.800. The van der Waals surface area contributed by atoms with Crippen molar-refractivity contribution in [3.8, 4) is 0 Å². The van der Waals surface area contributed by atoms with Crippen molar-refractivity contribution in [2.45, 2.75) is 44.7 Å². The van der Waals surface area contributed by atoms with E-state index in [1.54, 1.807) is 0 Å². The van der Waals surface area contributed by atoms with E-state index in [9.17, 15) is 0 Å². The normalized spacial score (nSPS) is 18.1. The van der Waals surface area contributed by atoms with Crippen molar-refractivity contribution in [1.82, 2.24) is 15.0 Å². The molecule has 0 aliphatic heterocycles. The van der Waals surface area contributed by atoms with E-state index in [-0.39, 0.29) is 12.6 Å². The van der Waals surface area contributed by atoms with Crippen molar-refractivity contribution in [3.63, 3.8) is 0 Å². The summed E-state index contributed by atoms with van der Waals surface area (Å²) in [6, 6.07) is 0.207. The quantitative estimate of drug-likeness (QED) is 0.744. The number of aliphatic hydroxyl groups excluding tert-OH is 1. The van der Waals surface area contributed by atoms with Gasteiger partial charge in [-0.1, -0.05) is 5.21 Å². The number of aliphatic hydroxyl groups is 1. The molecule has 2 rings (SSSR count). The minimum absolute atomic E-state index is 0.184. The topological polar surface area (TPSA) is 77.0 Å². The largest absolute Gasteiger partial charge is 0.396 e. The van der Waals surface area contributed by atoms with Gasteiger partial charge in [0.25, 0.3) is 0 Å². The van der Waals surface area contributed by atoms with Gasteiger partial charge in [-0.2, -0.15) is 0 Å². The molecule has 0 spiro atoms. The van der Waals surface area contributed by atoms with Gasteiger partial charge in [-0.3, -0.25) is 0 Å². The van der Waals surface area contributed by atoms with Crippen LogP contribution in [0.3, 0.4) is 0 Å². The van der Waals surface area contributed by atoms with Crippen molar-refractivity contribution in [2.24, 2.45) is 5.73 Å². The van der Waals surface area contributed by atoms with Gasteiger partial charge in [0.05, 0.1) is 17.4 Å². The maximum absolute atomic E-state index is 8.92. The molecule has 1 atom stereocenters. The smallest absolute Gasteiger partial charge is 0.0997 e. The molecule has 5 nitrogen and oxygen atoms in total. The number of nitrogens with two attached hydrogens (primary N) is 1. The molecule has 1 fully saturated rings. The fourth-order valence-electron chi connectivity index (χ4n) is 1.89. The number of hydrogen-bond donors (Lipinski definition) is 2. The van der Waals surface area contributed by atoms with Crippen LogP contribution in [0.15, 0.2) is 0 Å². The SMILES string of the molecule is CC(CCO)n1nnc(CN)c1C1CC1. The van der Waals surface area contributed by atoms with Crippen molar-refractivity contribution >= 4 is 0 Å². The first-order chi connectivity index (χ1) is 7.27. The molecule has 1 aliphatic carbocycles. The average Bonchev–Trinajstić information content (AvgIpc) is 2.97. The van der Waals surface area contributed by atoms with Gasteiger partial charge in [-0.15, -0.1) is 5.10 Å². The van der Waals surface area contributed by atoms with E-state index in [1.807, 2.05) is 4.68 Å². The number of rotatable bonds is 5. The van der Waals surface area contributed by atoms with Crippen LogP contribution in [-0.4, -0.2) is 26.7 Å². The van der Waals surface area contributed by atoms with Crippen molar-refractivity contribution in [3.05, 3.63) is 11.4 Å². The second kappa shape index (κ2) is 4.28. The van der Waals surface area contributed by atoms with Gasteiger partial charge >= 0.3 is 0 Å². The highest BCUT2D eigenvalue weighted by Gasteiger charge is 2.31. The monoisotopic (exact) mass is 210 g/mol. The maximum Gasteiger partial charge on any atom is 0.0997 e. The molecular formula is C10H18N4O. The van der Waals surface area contributed by atoms with Crippen LogP contribution in [0.4, 0.5) is 0 Å². The summed E-state index contributed by atoms with van der Waals surface area (Å²) in [6.45, 7) is 2.69. The van der Waals surface area contributed by atoms with Gasteiger partial charge in [0.15, 0.2) is 0 Å². The molecule has 0 radical (unpaired) electrons. The van der Waals surface area contributed by atoms with Crippen LogP contribution in [0, 0.1) is 0 Å². The van der Waals surface area contributed by atoms with Crippen molar-refractivity contribution < 1.29 is 5.11 Å². The van der Waals surface area contributed by atoms with E-state index >= 15 is 0 Å². The summed E-state index contributed by atoms with van der Waals surface area (Å²) in [5, 5.41) is 17.2. The fourth-order valence-corrected chi connectivity index (χ4v) is 1.89. The molecule has 1 saturated carbocycles. The predicted octanol–water partition coefficient (Wildman–Crippen LogP) is 0.558. The van der Waals surface area contributed by atoms with E-state index in [4.69, 9.17) is 10.8 Å².